The van der Waals surface area contributed by atoms with Crippen molar-refractivity contribution in [2.24, 2.45) is 0 Å². The van der Waals surface area contributed by atoms with Crippen LogP contribution in [0.5, 0.6) is 5.75 Å². The second-order valence-electron chi connectivity index (χ2n) is 7.04. The zero-order valence-electron chi connectivity index (χ0n) is 15.3. The molecule has 0 fully saturated rings. The van der Waals surface area contributed by atoms with E-state index in [-0.39, 0.29) is 11.4 Å². The molecule has 4 heteroatoms. The molecule has 0 bridgehead atoms. The molecule has 0 saturated carbocycles. The number of amides is 2. The lowest BCUT2D eigenvalue weighted by atomic mass is 9.87. The van der Waals surface area contributed by atoms with Gasteiger partial charge in [0, 0.05) is 6.54 Å². The van der Waals surface area contributed by atoms with Gasteiger partial charge in [0.2, 0.25) is 0 Å². The van der Waals surface area contributed by atoms with E-state index in [1.54, 1.807) is 0 Å². The van der Waals surface area contributed by atoms with E-state index in [2.05, 4.69) is 55.7 Å². The molecular formula is C21H28N2O2. The van der Waals surface area contributed by atoms with Gasteiger partial charge >= 0.3 is 6.03 Å². The van der Waals surface area contributed by atoms with Crippen molar-refractivity contribution in [1.82, 2.24) is 10.6 Å². The normalized spacial score (nSPS) is 11.0. The lowest BCUT2D eigenvalue weighted by molar-refractivity contribution is 0.236. The maximum atomic E-state index is 11.7. The van der Waals surface area contributed by atoms with Crippen molar-refractivity contribution in [3.8, 4) is 5.75 Å². The summed E-state index contributed by atoms with van der Waals surface area (Å²) >= 11 is 0. The molecular weight excluding hydrogens is 312 g/mol. The first-order chi connectivity index (χ1) is 11.9. The first kappa shape index (κ1) is 18.8. The molecule has 2 rings (SSSR count). The number of benzene rings is 2. The average Bonchev–Trinajstić information content (AvgIpc) is 2.59. The fourth-order valence-electron chi connectivity index (χ4n) is 2.41. The first-order valence-electron chi connectivity index (χ1n) is 8.74. The van der Waals surface area contributed by atoms with Crippen LogP contribution in [0.3, 0.4) is 0 Å². The standard InChI is InChI=1S/C21H28N2O2/c1-21(2,3)18-9-11-19(12-10-18)25-16-15-23-20(24)22-14-13-17-7-5-4-6-8-17/h4-12H,13-16H2,1-3H3,(H2,22,23,24). The molecule has 25 heavy (non-hydrogen) atoms. The second-order valence-corrected chi connectivity index (χ2v) is 7.04. The largest absolute Gasteiger partial charge is 0.492 e. The molecule has 0 saturated heterocycles. The number of carbonyl (C=O) groups excluding carboxylic acids is 1. The minimum absolute atomic E-state index is 0.137. The third kappa shape index (κ3) is 6.87. The summed E-state index contributed by atoms with van der Waals surface area (Å²) < 4.78 is 5.66. The Balaban J connectivity index is 1.60. The number of urea groups is 1. The number of hydrogen-bond acceptors (Lipinski definition) is 2. The third-order valence-corrected chi connectivity index (χ3v) is 3.92. The van der Waals surface area contributed by atoms with Crippen LogP contribution in [-0.4, -0.2) is 25.7 Å². The Morgan fingerprint density at radius 2 is 1.56 bits per heavy atom. The summed E-state index contributed by atoms with van der Waals surface area (Å²) in [5.41, 5.74) is 2.62. The molecule has 0 aromatic heterocycles. The maximum Gasteiger partial charge on any atom is 0.314 e. The van der Waals surface area contributed by atoms with Gasteiger partial charge in [-0.3, -0.25) is 0 Å². The topological polar surface area (TPSA) is 50.4 Å². The van der Waals surface area contributed by atoms with Crippen LogP contribution >= 0.6 is 0 Å². The van der Waals surface area contributed by atoms with Crippen LogP contribution in [0.2, 0.25) is 0 Å². The van der Waals surface area contributed by atoms with Crippen molar-refractivity contribution < 1.29 is 9.53 Å². The fourth-order valence-corrected chi connectivity index (χ4v) is 2.41. The molecule has 0 heterocycles. The summed E-state index contributed by atoms with van der Waals surface area (Å²) in [4.78, 5) is 11.7. The number of rotatable bonds is 7. The summed E-state index contributed by atoms with van der Waals surface area (Å²) in [7, 11) is 0. The number of carbonyl (C=O) groups is 1. The van der Waals surface area contributed by atoms with Gasteiger partial charge in [-0.1, -0.05) is 63.2 Å². The van der Waals surface area contributed by atoms with Crippen molar-refractivity contribution in [1.29, 1.82) is 0 Å². The monoisotopic (exact) mass is 340 g/mol. The highest BCUT2D eigenvalue weighted by atomic mass is 16.5. The van der Waals surface area contributed by atoms with Gasteiger partial charge in [-0.25, -0.2) is 4.79 Å². The molecule has 4 nitrogen and oxygen atoms in total. The third-order valence-electron chi connectivity index (χ3n) is 3.92. The Labute approximate surface area is 150 Å². The van der Waals surface area contributed by atoms with Crippen LogP contribution in [0, 0.1) is 0 Å². The van der Waals surface area contributed by atoms with Crippen LogP contribution < -0.4 is 15.4 Å². The van der Waals surface area contributed by atoms with Crippen LogP contribution in [-0.2, 0) is 11.8 Å². The molecule has 0 radical (unpaired) electrons. The first-order valence-corrected chi connectivity index (χ1v) is 8.74. The Morgan fingerprint density at radius 3 is 2.20 bits per heavy atom. The molecule has 0 aliphatic rings. The lowest BCUT2D eigenvalue weighted by Crippen LogP contribution is -2.38. The highest BCUT2D eigenvalue weighted by Crippen LogP contribution is 2.24. The quantitative estimate of drug-likeness (QED) is 0.751. The zero-order chi connectivity index (χ0) is 18.1. The molecule has 0 aliphatic carbocycles. The average molecular weight is 340 g/mol. The SMILES string of the molecule is CC(C)(C)c1ccc(OCCNC(=O)NCCc2ccccc2)cc1. The van der Waals surface area contributed by atoms with Crippen LogP contribution in [0.15, 0.2) is 54.6 Å². The smallest absolute Gasteiger partial charge is 0.314 e. The Morgan fingerprint density at radius 1 is 0.920 bits per heavy atom. The lowest BCUT2D eigenvalue weighted by Gasteiger charge is -2.19. The summed E-state index contributed by atoms with van der Waals surface area (Å²) in [5.74, 6) is 0.819. The fraction of sp³-hybridized carbons (Fsp3) is 0.381. The van der Waals surface area contributed by atoms with Crippen molar-refractivity contribution >= 4 is 6.03 Å². The van der Waals surface area contributed by atoms with E-state index in [9.17, 15) is 4.79 Å². The van der Waals surface area contributed by atoms with Crippen molar-refractivity contribution in [2.45, 2.75) is 32.6 Å². The summed E-state index contributed by atoms with van der Waals surface area (Å²) in [5, 5.41) is 5.65. The number of nitrogens with one attached hydrogen (secondary N) is 2. The molecule has 0 spiro atoms. The van der Waals surface area contributed by atoms with Crippen molar-refractivity contribution in [3.63, 3.8) is 0 Å². The summed E-state index contributed by atoms with van der Waals surface area (Å²) in [6.45, 7) is 8.08. The highest BCUT2D eigenvalue weighted by molar-refractivity contribution is 5.73. The van der Waals surface area contributed by atoms with E-state index in [0.717, 1.165) is 12.2 Å². The van der Waals surface area contributed by atoms with E-state index >= 15 is 0 Å². The molecule has 2 N–H and O–H groups in total. The van der Waals surface area contributed by atoms with E-state index in [1.165, 1.54) is 11.1 Å². The van der Waals surface area contributed by atoms with E-state index in [4.69, 9.17) is 4.74 Å². The van der Waals surface area contributed by atoms with E-state index in [0.29, 0.717) is 19.7 Å². The molecule has 2 amide bonds. The Hall–Kier alpha value is -2.49. The summed E-state index contributed by atoms with van der Waals surface area (Å²) in [6.07, 6.45) is 0.824. The maximum absolute atomic E-state index is 11.7. The number of hydrogen-bond donors (Lipinski definition) is 2. The predicted molar refractivity (Wildman–Crippen MR) is 102 cm³/mol. The van der Waals surface area contributed by atoms with Gasteiger partial charge in [0.15, 0.2) is 0 Å². The van der Waals surface area contributed by atoms with Crippen molar-refractivity contribution in [3.05, 3.63) is 65.7 Å². The molecule has 0 aliphatic heterocycles. The zero-order valence-corrected chi connectivity index (χ0v) is 15.3. The second kappa shape index (κ2) is 9.11. The van der Waals surface area contributed by atoms with Crippen molar-refractivity contribution in [2.75, 3.05) is 19.7 Å². The van der Waals surface area contributed by atoms with Gasteiger partial charge in [-0.05, 0) is 35.1 Å². The highest BCUT2D eigenvalue weighted by Gasteiger charge is 2.12. The van der Waals surface area contributed by atoms with Gasteiger partial charge in [0.1, 0.15) is 12.4 Å². The molecule has 2 aromatic rings. The molecule has 0 unspecified atom stereocenters. The summed E-state index contributed by atoms with van der Waals surface area (Å²) in [6, 6.07) is 18.0. The van der Waals surface area contributed by atoms with E-state index < -0.39 is 0 Å². The van der Waals surface area contributed by atoms with Gasteiger partial charge in [-0.15, -0.1) is 0 Å². The number of ether oxygens (including phenoxy) is 1. The van der Waals surface area contributed by atoms with Gasteiger partial charge in [-0.2, -0.15) is 0 Å². The molecule has 2 aromatic carbocycles. The van der Waals surface area contributed by atoms with Crippen LogP contribution in [0.1, 0.15) is 31.9 Å². The van der Waals surface area contributed by atoms with E-state index in [1.807, 2.05) is 30.3 Å². The minimum atomic E-state index is -0.164. The Bertz CT molecular complexity index is 646. The minimum Gasteiger partial charge on any atom is -0.492 e. The molecule has 0 atom stereocenters. The van der Waals surface area contributed by atoms with Crippen LogP contribution in [0.4, 0.5) is 4.79 Å². The Kier molecular flexibility index (Phi) is 6.87. The van der Waals surface area contributed by atoms with Crippen LogP contribution in [0.25, 0.3) is 0 Å². The predicted octanol–water partition coefficient (Wildman–Crippen LogP) is 3.90. The van der Waals surface area contributed by atoms with Gasteiger partial charge in [0.05, 0.1) is 6.54 Å². The van der Waals surface area contributed by atoms with Gasteiger partial charge in [0.25, 0.3) is 0 Å². The van der Waals surface area contributed by atoms with Gasteiger partial charge < -0.3 is 15.4 Å². The molecule has 134 valence electrons.